The first-order chi connectivity index (χ1) is 20.0. The van der Waals surface area contributed by atoms with E-state index in [1.165, 1.54) is 36.4 Å². The quantitative estimate of drug-likeness (QED) is 0.242. The SMILES string of the molecule is COC(=O)C(CCS(C)(=O)=O)NC(=O)c1ccc(N(CCn2ccnc2)c2ccc(F)cc2)cc1-c1ccc(F)cc1. The number of nitrogens with one attached hydrogen (secondary N) is 1. The first kappa shape index (κ1) is 30.4. The van der Waals surface area contributed by atoms with Gasteiger partial charge in [-0.3, -0.25) is 4.79 Å². The van der Waals surface area contributed by atoms with Gasteiger partial charge in [-0.25, -0.2) is 27.0 Å². The molecule has 12 heteroatoms. The summed E-state index contributed by atoms with van der Waals surface area (Å²) in [6.07, 6.45) is 6.03. The van der Waals surface area contributed by atoms with Crippen molar-refractivity contribution in [2.45, 2.75) is 19.0 Å². The number of sulfone groups is 1. The average molecular weight is 597 g/mol. The van der Waals surface area contributed by atoms with E-state index in [9.17, 15) is 26.8 Å². The molecule has 1 heterocycles. The number of nitrogens with zero attached hydrogens (tertiary/aromatic N) is 3. The first-order valence-corrected chi connectivity index (χ1v) is 15.1. The summed E-state index contributed by atoms with van der Waals surface area (Å²) >= 11 is 0. The van der Waals surface area contributed by atoms with Gasteiger partial charge in [0.05, 0.1) is 19.2 Å². The summed E-state index contributed by atoms with van der Waals surface area (Å²) in [6, 6.07) is 15.4. The lowest BCUT2D eigenvalue weighted by molar-refractivity contribution is -0.142. The molecule has 4 rings (SSSR count). The molecule has 42 heavy (non-hydrogen) atoms. The molecule has 1 atom stereocenters. The van der Waals surface area contributed by atoms with Crippen LogP contribution in [-0.2, 0) is 25.9 Å². The third kappa shape index (κ3) is 8.00. The molecule has 0 saturated carbocycles. The molecule has 1 unspecified atom stereocenters. The molecular weight excluding hydrogens is 566 g/mol. The Kier molecular flexibility index (Phi) is 9.68. The number of anilines is 2. The lowest BCUT2D eigenvalue weighted by Crippen LogP contribution is -2.42. The van der Waals surface area contributed by atoms with Gasteiger partial charge >= 0.3 is 5.97 Å². The van der Waals surface area contributed by atoms with Crippen LogP contribution in [0.3, 0.4) is 0 Å². The monoisotopic (exact) mass is 596 g/mol. The van der Waals surface area contributed by atoms with Crippen LogP contribution in [0.25, 0.3) is 11.1 Å². The summed E-state index contributed by atoms with van der Waals surface area (Å²) in [6.45, 7) is 1.01. The Morgan fingerprint density at radius 1 is 1.00 bits per heavy atom. The van der Waals surface area contributed by atoms with Crippen LogP contribution in [0, 0.1) is 11.6 Å². The van der Waals surface area contributed by atoms with Crippen LogP contribution in [0.2, 0.25) is 0 Å². The van der Waals surface area contributed by atoms with Crippen LogP contribution in [0.5, 0.6) is 0 Å². The summed E-state index contributed by atoms with van der Waals surface area (Å²) < 4.78 is 57.7. The Labute approximate surface area is 242 Å². The molecule has 1 N–H and O–H groups in total. The molecule has 0 radical (unpaired) electrons. The summed E-state index contributed by atoms with van der Waals surface area (Å²) in [5.74, 6) is -2.60. The molecule has 0 saturated heterocycles. The minimum Gasteiger partial charge on any atom is -0.467 e. The molecule has 220 valence electrons. The maximum Gasteiger partial charge on any atom is 0.328 e. The zero-order chi connectivity index (χ0) is 30.3. The molecule has 0 aliphatic rings. The second-order valence-corrected chi connectivity index (χ2v) is 11.9. The largest absolute Gasteiger partial charge is 0.467 e. The Morgan fingerprint density at radius 3 is 2.24 bits per heavy atom. The third-order valence-corrected chi connectivity index (χ3v) is 7.54. The van der Waals surface area contributed by atoms with Gasteiger partial charge in [0.25, 0.3) is 5.91 Å². The summed E-state index contributed by atoms with van der Waals surface area (Å²) in [5, 5.41) is 2.59. The summed E-state index contributed by atoms with van der Waals surface area (Å²) in [7, 11) is -2.26. The maximum absolute atomic E-state index is 13.8. The number of amides is 1. The number of aromatic nitrogens is 2. The topological polar surface area (TPSA) is 111 Å². The van der Waals surface area contributed by atoms with E-state index in [1.54, 1.807) is 42.9 Å². The van der Waals surface area contributed by atoms with E-state index < -0.39 is 33.6 Å². The van der Waals surface area contributed by atoms with Gasteiger partial charge in [0, 0.05) is 48.7 Å². The lowest BCUT2D eigenvalue weighted by Gasteiger charge is -2.27. The minimum absolute atomic E-state index is 0.173. The molecule has 9 nitrogen and oxygen atoms in total. The number of methoxy groups -OCH3 is 1. The van der Waals surface area contributed by atoms with Crippen molar-refractivity contribution >= 4 is 33.1 Å². The highest BCUT2D eigenvalue weighted by Crippen LogP contribution is 2.33. The Balaban J connectivity index is 1.74. The van der Waals surface area contributed by atoms with Gasteiger partial charge < -0.3 is 19.5 Å². The predicted molar refractivity (Wildman–Crippen MR) is 155 cm³/mol. The molecule has 4 aromatic rings. The standard InChI is InChI=1S/C30H30F2N4O5S/c1-41-30(38)28(13-18-42(2,39)40)34-29(37)26-12-11-25(19-27(26)21-3-5-22(31)6-4-21)36(17-16-35-15-14-33-20-35)24-9-7-23(32)8-10-24/h3-12,14-15,19-20,28H,13,16-18H2,1-2H3,(H,34,37). The molecule has 0 bridgehead atoms. The predicted octanol–water partition coefficient (Wildman–Crippen LogP) is 4.37. The number of esters is 1. The number of benzene rings is 3. The van der Waals surface area contributed by atoms with Crippen LogP contribution >= 0.6 is 0 Å². The highest BCUT2D eigenvalue weighted by atomic mass is 32.2. The molecule has 0 aliphatic carbocycles. The number of carbonyl (C=O) groups is 2. The summed E-state index contributed by atoms with van der Waals surface area (Å²) in [5.41, 5.74) is 2.51. The molecule has 0 fully saturated rings. The number of carbonyl (C=O) groups excluding carboxylic acids is 2. The molecule has 0 aliphatic heterocycles. The van der Waals surface area contributed by atoms with Crippen molar-refractivity contribution < 1.29 is 31.5 Å². The van der Waals surface area contributed by atoms with Crippen LogP contribution in [0.15, 0.2) is 85.5 Å². The molecule has 1 aromatic heterocycles. The minimum atomic E-state index is -3.41. The number of hydrogen-bond acceptors (Lipinski definition) is 7. The van der Waals surface area contributed by atoms with E-state index in [4.69, 9.17) is 4.74 Å². The van der Waals surface area contributed by atoms with Gasteiger partial charge in [0.1, 0.15) is 27.5 Å². The number of halogens is 2. The average Bonchev–Trinajstić information content (AvgIpc) is 3.49. The number of rotatable bonds is 12. The van der Waals surface area contributed by atoms with Gasteiger partial charge in [0.2, 0.25) is 0 Å². The van der Waals surface area contributed by atoms with Crippen LogP contribution in [0.4, 0.5) is 20.2 Å². The van der Waals surface area contributed by atoms with Crippen molar-refractivity contribution in [1.29, 1.82) is 0 Å². The van der Waals surface area contributed by atoms with Gasteiger partial charge in [-0.1, -0.05) is 12.1 Å². The van der Waals surface area contributed by atoms with Crippen molar-refractivity contribution in [3.05, 3.63) is 103 Å². The maximum atomic E-state index is 13.8. The van der Waals surface area contributed by atoms with E-state index in [1.807, 2.05) is 15.7 Å². The Morgan fingerprint density at radius 2 is 1.64 bits per heavy atom. The van der Waals surface area contributed by atoms with E-state index >= 15 is 0 Å². The van der Waals surface area contributed by atoms with Crippen molar-refractivity contribution in [3.8, 4) is 11.1 Å². The normalized spacial score (nSPS) is 12.0. The zero-order valence-corrected chi connectivity index (χ0v) is 23.9. The fourth-order valence-electron chi connectivity index (χ4n) is 4.39. The van der Waals surface area contributed by atoms with Gasteiger partial charge in [-0.2, -0.15) is 0 Å². The molecule has 0 spiro atoms. The molecular formula is C30H30F2N4O5S. The Bertz CT molecular complexity index is 1630. The lowest BCUT2D eigenvalue weighted by atomic mass is 9.97. The van der Waals surface area contributed by atoms with Crippen molar-refractivity contribution in [1.82, 2.24) is 14.9 Å². The second kappa shape index (κ2) is 13.4. The van der Waals surface area contributed by atoms with E-state index in [0.29, 0.717) is 35.6 Å². The van der Waals surface area contributed by atoms with Crippen LogP contribution in [-0.4, -0.2) is 61.6 Å². The third-order valence-electron chi connectivity index (χ3n) is 6.56. The molecule has 3 aromatic carbocycles. The number of imidazole rings is 1. The first-order valence-electron chi connectivity index (χ1n) is 13.0. The van der Waals surface area contributed by atoms with Crippen LogP contribution in [0.1, 0.15) is 16.8 Å². The van der Waals surface area contributed by atoms with Crippen LogP contribution < -0.4 is 10.2 Å². The number of ether oxygens (including phenoxy) is 1. The fraction of sp³-hybridized carbons (Fsp3) is 0.233. The highest BCUT2D eigenvalue weighted by molar-refractivity contribution is 7.90. The van der Waals surface area contributed by atoms with Crippen molar-refractivity contribution in [3.63, 3.8) is 0 Å². The molecule has 1 amide bonds. The van der Waals surface area contributed by atoms with Gasteiger partial charge in [0.15, 0.2) is 0 Å². The van der Waals surface area contributed by atoms with Crippen molar-refractivity contribution in [2.24, 2.45) is 0 Å². The number of hydrogen-bond donors (Lipinski definition) is 1. The van der Waals surface area contributed by atoms with Crippen molar-refractivity contribution in [2.75, 3.05) is 30.6 Å². The highest BCUT2D eigenvalue weighted by Gasteiger charge is 2.25. The van der Waals surface area contributed by atoms with E-state index in [2.05, 4.69) is 10.3 Å². The van der Waals surface area contributed by atoms with Gasteiger partial charge in [-0.05, 0) is 72.1 Å². The Hall–Kier alpha value is -4.58. The summed E-state index contributed by atoms with van der Waals surface area (Å²) in [4.78, 5) is 31.9. The zero-order valence-electron chi connectivity index (χ0n) is 23.0. The second-order valence-electron chi connectivity index (χ2n) is 9.63. The van der Waals surface area contributed by atoms with Gasteiger partial charge in [-0.15, -0.1) is 0 Å². The fourth-order valence-corrected chi connectivity index (χ4v) is 5.05. The smallest absolute Gasteiger partial charge is 0.328 e. The van der Waals surface area contributed by atoms with E-state index in [0.717, 1.165) is 13.4 Å². The van der Waals surface area contributed by atoms with E-state index in [-0.39, 0.29) is 23.6 Å².